The quantitative estimate of drug-likeness (QED) is 0.534. The van der Waals surface area contributed by atoms with Crippen molar-refractivity contribution in [3.8, 4) is 11.3 Å². The Morgan fingerprint density at radius 3 is 2.62 bits per heavy atom. The smallest absolute Gasteiger partial charge is 0.334 e. The predicted octanol–water partition coefficient (Wildman–Crippen LogP) is 1.66. The molecule has 0 radical (unpaired) electrons. The Bertz CT molecular complexity index is 1120. The van der Waals surface area contributed by atoms with E-state index in [0.29, 0.717) is 74.0 Å². The van der Waals surface area contributed by atoms with E-state index in [1.165, 1.54) is 5.01 Å². The molecule has 0 bridgehead atoms. The standard InChI is InChI=1S/C23H29N7O4/c1-2-25-23(33)28-8-6-14(7-9-28)19-18-20(27-26-19)15-4-3-5-16(17(15)21(18)31)30(22(24)32)29-10-12-34-13-11-29/h3-5,14H,2,6-13H2,1H3,(H2,24,32)(H,25,33)(H,26,27). The second kappa shape index (κ2) is 9.07. The van der Waals surface area contributed by atoms with Crippen molar-refractivity contribution in [3.63, 3.8) is 0 Å². The summed E-state index contributed by atoms with van der Waals surface area (Å²) in [5.41, 5.74) is 9.33. The van der Waals surface area contributed by atoms with Crippen LogP contribution in [0.15, 0.2) is 18.2 Å². The second-order valence-corrected chi connectivity index (χ2v) is 8.70. The number of aromatic nitrogens is 2. The van der Waals surface area contributed by atoms with Crippen molar-refractivity contribution >= 4 is 23.5 Å². The lowest BCUT2D eigenvalue weighted by Gasteiger charge is -2.36. The number of nitrogens with zero attached hydrogens (tertiary/aromatic N) is 4. The molecule has 4 N–H and O–H groups in total. The Morgan fingerprint density at radius 1 is 1.21 bits per heavy atom. The number of H-pyrrole nitrogens is 1. The van der Waals surface area contributed by atoms with Crippen molar-refractivity contribution in [2.45, 2.75) is 25.7 Å². The van der Waals surface area contributed by atoms with E-state index in [0.717, 1.165) is 18.5 Å². The molecule has 11 heteroatoms. The highest BCUT2D eigenvalue weighted by atomic mass is 16.5. The molecular formula is C23H29N7O4. The zero-order valence-corrected chi connectivity index (χ0v) is 19.2. The van der Waals surface area contributed by atoms with E-state index in [4.69, 9.17) is 10.5 Å². The molecule has 180 valence electrons. The molecule has 0 atom stereocenters. The molecule has 3 heterocycles. The van der Waals surface area contributed by atoms with Gasteiger partial charge in [0.15, 0.2) is 5.78 Å². The van der Waals surface area contributed by atoms with Crippen molar-refractivity contribution in [2.75, 3.05) is 50.9 Å². The van der Waals surface area contributed by atoms with Crippen LogP contribution in [0.2, 0.25) is 0 Å². The molecule has 0 saturated carbocycles. The fourth-order valence-electron chi connectivity index (χ4n) is 5.15. The van der Waals surface area contributed by atoms with Crippen molar-refractivity contribution in [1.29, 1.82) is 0 Å². The van der Waals surface area contributed by atoms with Gasteiger partial charge in [-0.2, -0.15) is 5.10 Å². The molecule has 11 nitrogen and oxygen atoms in total. The van der Waals surface area contributed by atoms with Gasteiger partial charge in [-0.15, -0.1) is 0 Å². The summed E-state index contributed by atoms with van der Waals surface area (Å²) in [6, 6.07) is 4.71. The number of piperidine rings is 1. The first-order chi connectivity index (χ1) is 16.5. The number of rotatable bonds is 4. The molecule has 3 aliphatic rings. The molecule has 2 aromatic rings. The molecule has 0 unspecified atom stereocenters. The molecule has 1 aromatic heterocycles. The number of urea groups is 2. The Kier molecular flexibility index (Phi) is 5.96. The van der Waals surface area contributed by atoms with Crippen LogP contribution < -0.4 is 16.1 Å². The van der Waals surface area contributed by atoms with Crippen LogP contribution in [0.1, 0.15) is 47.3 Å². The van der Waals surface area contributed by atoms with E-state index >= 15 is 0 Å². The number of primary amides is 1. The van der Waals surface area contributed by atoms with E-state index in [2.05, 4.69) is 15.5 Å². The van der Waals surface area contributed by atoms with Crippen molar-refractivity contribution < 1.29 is 19.1 Å². The largest absolute Gasteiger partial charge is 0.379 e. The van der Waals surface area contributed by atoms with E-state index in [1.54, 1.807) is 11.0 Å². The lowest BCUT2D eigenvalue weighted by atomic mass is 9.90. The van der Waals surface area contributed by atoms with Crippen LogP contribution in [-0.2, 0) is 4.74 Å². The molecule has 2 aliphatic heterocycles. The average Bonchev–Trinajstić information content (AvgIpc) is 3.40. The van der Waals surface area contributed by atoms with Gasteiger partial charge in [-0.25, -0.2) is 19.6 Å². The topological polar surface area (TPSA) is 137 Å². The number of ketones is 1. The first-order valence-corrected chi connectivity index (χ1v) is 11.7. The van der Waals surface area contributed by atoms with Gasteiger partial charge in [-0.1, -0.05) is 12.1 Å². The monoisotopic (exact) mass is 467 g/mol. The third-order valence-electron chi connectivity index (χ3n) is 6.77. The minimum Gasteiger partial charge on any atom is -0.379 e. The number of hydrogen-bond acceptors (Lipinski definition) is 6. The number of anilines is 1. The van der Waals surface area contributed by atoms with E-state index < -0.39 is 6.03 Å². The summed E-state index contributed by atoms with van der Waals surface area (Å²) in [5.74, 6) is -0.0647. The molecule has 0 spiro atoms. The zero-order chi connectivity index (χ0) is 23.8. The molecule has 4 amide bonds. The van der Waals surface area contributed by atoms with Crippen LogP contribution in [0.4, 0.5) is 15.3 Å². The Balaban J connectivity index is 1.44. The van der Waals surface area contributed by atoms with Crippen molar-refractivity contribution in [1.82, 2.24) is 25.4 Å². The summed E-state index contributed by atoms with van der Waals surface area (Å²) in [5, 5.41) is 13.6. The van der Waals surface area contributed by atoms with Gasteiger partial charge in [0, 0.05) is 44.2 Å². The molecular weight excluding hydrogens is 438 g/mol. The molecule has 34 heavy (non-hydrogen) atoms. The number of hydrogen-bond donors (Lipinski definition) is 3. The number of ether oxygens (including phenoxy) is 1. The van der Waals surface area contributed by atoms with Gasteiger partial charge in [0.2, 0.25) is 0 Å². The maximum atomic E-state index is 13.7. The molecule has 1 aromatic carbocycles. The minimum atomic E-state index is -0.646. The second-order valence-electron chi connectivity index (χ2n) is 8.70. The number of benzene rings is 1. The minimum absolute atomic E-state index is 0.0569. The van der Waals surface area contributed by atoms with Gasteiger partial charge >= 0.3 is 12.1 Å². The molecule has 1 aliphatic carbocycles. The normalized spacial score (nSPS) is 18.5. The fourth-order valence-corrected chi connectivity index (χ4v) is 5.15. The summed E-state index contributed by atoms with van der Waals surface area (Å²) in [6.45, 7) is 5.68. The van der Waals surface area contributed by atoms with Gasteiger partial charge in [0.25, 0.3) is 0 Å². The first kappa shape index (κ1) is 22.4. The average molecular weight is 468 g/mol. The fraction of sp³-hybridized carbons (Fsp3) is 0.478. The number of carbonyl (C=O) groups excluding carboxylic acids is 3. The molecule has 2 fully saturated rings. The van der Waals surface area contributed by atoms with Gasteiger partial charge in [-0.05, 0) is 25.8 Å². The SMILES string of the molecule is CCNC(=O)N1CCC(c2[nH]nc3c2C(=O)c2c-3cccc2N(C(N)=O)N2CCOCC2)CC1. The van der Waals surface area contributed by atoms with Gasteiger partial charge in [0.1, 0.15) is 5.69 Å². The zero-order valence-electron chi connectivity index (χ0n) is 19.2. The summed E-state index contributed by atoms with van der Waals surface area (Å²) in [7, 11) is 0. The number of aromatic amines is 1. The maximum Gasteiger partial charge on any atom is 0.334 e. The Labute approximate surface area is 197 Å². The highest BCUT2D eigenvalue weighted by Crippen LogP contribution is 2.44. The van der Waals surface area contributed by atoms with Crippen LogP contribution in [-0.4, -0.2) is 83.9 Å². The van der Waals surface area contributed by atoms with Gasteiger partial charge in [0.05, 0.1) is 35.7 Å². The number of nitrogens with one attached hydrogen (secondary N) is 2. The van der Waals surface area contributed by atoms with Crippen LogP contribution in [0.25, 0.3) is 11.3 Å². The number of hydrazine groups is 1. The van der Waals surface area contributed by atoms with Crippen LogP contribution in [0.3, 0.4) is 0 Å². The molecule has 2 saturated heterocycles. The summed E-state index contributed by atoms with van der Waals surface area (Å²) in [6.07, 6.45) is 1.48. The number of carbonyl (C=O) groups is 3. The highest BCUT2D eigenvalue weighted by Gasteiger charge is 2.39. The first-order valence-electron chi connectivity index (χ1n) is 11.7. The maximum absolute atomic E-state index is 13.7. The van der Waals surface area contributed by atoms with Crippen molar-refractivity contribution in [3.05, 3.63) is 35.0 Å². The number of fused-ring (bicyclic) bond motifs is 3. The summed E-state index contributed by atoms with van der Waals surface area (Å²) < 4.78 is 5.41. The number of amides is 4. The third kappa shape index (κ3) is 3.70. The number of morpholine rings is 1. The molecule has 5 rings (SSSR count). The number of likely N-dealkylation sites (tertiary alicyclic amines) is 1. The van der Waals surface area contributed by atoms with E-state index in [-0.39, 0.29) is 17.7 Å². The van der Waals surface area contributed by atoms with E-state index in [1.807, 2.05) is 24.1 Å². The Hall–Kier alpha value is -3.44. The van der Waals surface area contributed by atoms with Crippen LogP contribution >= 0.6 is 0 Å². The van der Waals surface area contributed by atoms with Gasteiger partial charge in [-0.3, -0.25) is 9.89 Å². The third-order valence-corrected chi connectivity index (χ3v) is 6.77. The van der Waals surface area contributed by atoms with Crippen molar-refractivity contribution in [2.24, 2.45) is 5.73 Å². The summed E-state index contributed by atoms with van der Waals surface area (Å²) >= 11 is 0. The lowest BCUT2D eigenvalue weighted by molar-refractivity contribution is 0.0364. The van der Waals surface area contributed by atoms with Gasteiger partial charge < -0.3 is 20.7 Å². The Morgan fingerprint density at radius 2 is 1.94 bits per heavy atom. The predicted molar refractivity (Wildman–Crippen MR) is 125 cm³/mol. The van der Waals surface area contributed by atoms with E-state index in [9.17, 15) is 14.4 Å². The number of nitrogens with two attached hydrogens (primary N) is 1. The lowest BCUT2D eigenvalue weighted by Crippen LogP contribution is -2.54. The highest BCUT2D eigenvalue weighted by molar-refractivity contribution is 6.25. The summed E-state index contributed by atoms with van der Waals surface area (Å²) in [4.78, 5) is 40.2. The van der Waals surface area contributed by atoms with Crippen LogP contribution in [0, 0.1) is 0 Å². The van der Waals surface area contributed by atoms with Crippen LogP contribution in [0.5, 0.6) is 0 Å².